The number of aromatic amines is 1. The van der Waals surface area contributed by atoms with E-state index in [0.717, 1.165) is 0 Å². The van der Waals surface area contributed by atoms with Crippen molar-refractivity contribution in [2.24, 2.45) is 0 Å². The van der Waals surface area contributed by atoms with Crippen molar-refractivity contribution in [1.29, 1.82) is 0 Å². The van der Waals surface area contributed by atoms with Gasteiger partial charge in [0.2, 0.25) is 15.9 Å². The Balaban J connectivity index is 2.12. The molecule has 2 aromatic heterocycles. The molecule has 0 bridgehead atoms. The fourth-order valence-electron chi connectivity index (χ4n) is 2.88. The highest BCUT2D eigenvalue weighted by molar-refractivity contribution is 7.89. The summed E-state index contributed by atoms with van der Waals surface area (Å²) in [5.74, 6) is -0.208. The molecule has 8 heteroatoms. The SMILES string of the molecule is CN1CCN(S(=O)(=O)c2c[nH]c3ncccc23)C(C)(C)C1=O. The summed E-state index contributed by atoms with van der Waals surface area (Å²) in [6.07, 6.45) is 3.03. The molecule has 3 rings (SSSR count). The zero-order valence-corrected chi connectivity index (χ0v) is 13.5. The van der Waals surface area contributed by atoms with Crippen LogP contribution in [0.4, 0.5) is 0 Å². The molecule has 1 aliphatic rings. The van der Waals surface area contributed by atoms with E-state index in [-0.39, 0.29) is 17.3 Å². The summed E-state index contributed by atoms with van der Waals surface area (Å²) in [4.78, 5) is 21.0. The highest BCUT2D eigenvalue weighted by atomic mass is 32.2. The topological polar surface area (TPSA) is 86.4 Å². The number of hydrogen-bond acceptors (Lipinski definition) is 4. The van der Waals surface area contributed by atoms with E-state index in [0.29, 0.717) is 17.6 Å². The number of carbonyl (C=O) groups excluding carboxylic acids is 1. The number of hydrogen-bond donors (Lipinski definition) is 1. The minimum atomic E-state index is -3.79. The molecule has 118 valence electrons. The number of nitrogens with zero attached hydrogens (tertiary/aromatic N) is 3. The first-order valence-electron chi connectivity index (χ1n) is 6.97. The van der Waals surface area contributed by atoms with Crippen LogP contribution in [0.3, 0.4) is 0 Å². The van der Waals surface area contributed by atoms with Crippen LogP contribution in [0.5, 0.6) is 0 Å². The third-order valence-corrected chi connectivity index (χ3v) is 6.23. The summed E-state index contributed by atoms with van der Waals surface area (Å²) in [7, 11) is -2.11. The molecule has 2 aromatic rings. The van der Waals surface area contributed by atoms with Crippen molar-refractivity contribution in [1.82, 2.24) is 19.2 Å². The van der Waals surface area contributed by atoms with Crippen LogP contribution in [0.2, 0.25) is 0 Å². The molecule has 0 saturated carbocycles. The fraction of sp³-hybridized carbons (Fsp3) is 0.429. The van der Waals surface area contributed by atoms with Crippen LogP contribution in [0.1, 0.15) is 13.8 Å². The molecule has 0 unspecified atom stereocenters. The second kappa shape index (κ2) is 4.79. The van der Waals surface area contributed by atoms with Gasteiger partial charge in [0, 0.05) is 37.9 Å². The Bertz CT molecular complexity index is 841. The lowest BCUT2D eigenvalue weighted by atomic mass is 10.0. The molecule has 3 heterocycles. The number of sulfonamides is 1. The highest BCUT2D eigenvalue weighted by Crippen LogP contribution is 2.31. The monoisotopic (exact) mass is 322 g/mol. The lowest BCUT2D eigenvalue weighted by molar-refractivity contribution is -0.142. The van der Waals surface area contributed by atoms with Crippen molar-refractivity contribution in [3.63, 3.8) is 0 Å². The lowest BCUT2D eigenvalue weighted by Crippen LogP contribution is -2.63. The van der Waals surface area contributed by atoms with Gasteiger partial charge in [-0.05, 0) is 26.0 Å². The third kappa shape index (κ3) is 2.02. The molecule has 22 heavy (non-hydrogen) atoms. The molecule has 0 spiro atoms. The number of carbonyl (C=O) groups is 1. The standard InChI is InChI=1S/C14H18N4O3S/c1-14(2)13(19)17(3)7-8-18(14)22(20,21)11-9-16-12-10(11)5-4-6-15-12/h4-6,9H,7-8H2,1-3H3,(H,15,16). The van der Waals surface area contributed by atoms with Crippen LogP contribution < -0.4 is 0 Å². The summed E-state index contributed by atoms with van der Waals surface area (Å²) in [6, 6.07) is 3.39. The minimum absolute atomic E-state index is 0.154. The zero-order valence-electron chi connectivity index (χ0n) is 12.7. The molecule has 1 fully saturated rings. The van der Waals surface area contributed by atoms with Crippen molar-refractivity contribution in [3.8, 4) is 0 Å². The van der Waals surface area contributed by atoms with Gasteiger partial charge < -0.3 is 9.88 Å². The number of pyridine rings is 1. The number of likely N-dealkylation sites (N-methyl/N-ethyl adjacent to an activating group) is 1. The zero-order chi connectivity index (χ0) is 16.1. The Kier molecular flexibility index (Phi) is 3.26. The average Bonchev–Trinajstić information content (AvgIpc) is 2.89. The molecule has 0 radical (unpaired) electrons. The Morgan fingerprint density at radius 3 is 2.77 bits per heavy atom. The predicted octanol–water partition coefficient (Wildman–Crippen LogP) is 0.804. The summed E-state index contributed by atoms with van der Waals surface area (Å²) in [5, 5.41) is 0.532. The van der Waals surface area contributed by atoms with Gasteiger partial charge in [0.15, 0.2) is 0 Å². The maximum absolute atomic E-state index is 13.0. The fourth-order valence-corrected chi connectivity index (χ4v) is 4.77. The Morgan fingerprint density at radius 1 is 1.32 bits per heavy atom. The van der Waals surface area contributed by atoms with Crippen molar-refractivity contribution in [2.45, 2.75) is 24.3 Å². The number of nitrogens with one attached hydrogen (secondary N) is 1. The van der Waals surface area contributed by atoms with E-state index in [2.05, 4.69) is 9.97 Å². The lowest BCUT2D eigenvalue weighted by Gasteiger charge is -2.43. The number of aromatic nitrogens is 2. The predicted molar refractivity (Wildman–Crippen MR) is 81.7 cm³/mol. The van der Waals surface area contributed by atoms with Crippen LogP contribution in [-0.4, -0.2) is 59.2 Å². The maximum Gasteiger partial charge on any atom is 0.246 e. The minimum Gasteiger partial charge on any atom is -0.345 e. The van der Waals surface area contributed by atoms with Crippen LogP contribution >= 0.6 is 0 Å². The third-order valence-electron chi connectivity index (χ3n) is 4.11. The number of piperazine rings is 1. The first-order valence-corrected chi connectivity index (χ1v) is 8.41. The van der Waals surface area contributed by atoms with Gasteiger partial charge in [-0.15, -0.1) is 0 Å². The summed E-state index contributed by atoms with van der Waals surface area (Å²) < 4.78 is 27.4. The van der Waals surface area contributed by atoms with Gasteiger partial charge in [-0.2, -0.15) is 4.31 Å². The molecule has 0 aliphatic carbocycles. The van der Waals surface area contributed by atoms with Crippen molar-refractivity contribution in [3.05, 3.63) is 24.5 Å². The van der Waals surface area contributed by atoms with Crippen LogP contribution in [0, 0.1) is 0 Å². The van der Waals surface area contributed by atoms with Gasteiger partial charge in [0.05, 0.1) is 0 Å². The largest absolute Gasteiger partial charge is 0.345 e. The number of H-pyrrole nitrogens is 1. The molecule has 7 nitrogen and oxygen atoms in total. The second-order valence-electron chi connectivity index (χ2n) is 5.92. The van der Waals surface area contributed by atoms with Gasteiger partial charge >= 0.3 is 0 Å². The van der Waals surface area contributed by atoms with Gasteiger partial charge in [0.25, 0.3) is 0 Å². The quantitative estimate of drug-likeness (QED) is 0.886. The van der Waals surface area contributed by atoms with Crippen molar-refractivity contribution >= 4 is 27.0 Å². The smallest absolute Gasteiger partial charge is 0.246 e. The summed E-state index contributed by atoms with van der Waals surface area (Å²) in [5.41, 5.74) is -0.600. The van der Waals surface area contributed by atoms with E-state index in [1.165, 1.54) is 10.5 Å². The van der Waals surface area contributed by atoms with Gasteiger partial charge in [-0.25, -0.2) is 13.4 Å². The Morgan fingerprint density at radius 2 is 2.05 bits per heavy atom. The number of fused-ring (bicyclic) bond motifs is 1. The van der Waals surface area contributed by atoms with Crippen LogP contribution in [0.15, 0.2) is 29.4 Å². The van der Waals surface area contributed by atoms with E-state index >= 15 is 0 Å². The maximum atomic E-state index is 13.0. The number of amides is 1. The number of rotatable bonds is 2. The van der Waals surface area contributed by atoms with E-state index in [4.69, 9.17) is 0 Å². The van der Waals surface area contributed by atoms with Crippen molar-refractivity contribution < 1.29 is 13.2 Å². The Hall–Kier alpha value is -1.93. The molecule has 0 aromatic carbocycles. The van der Waals surface area contributed by atoms with E-state index in [1.54, 1.807) is 44.1 Å². The van der Waals surface area contributed by atoms with Crippen LogP contribution in [0.25, 0.3) is 11.0 Å². The molecule has 1 amide bonds. The second-order valence-corrected chi connectivity index (χ2v) is 7.75. The molecular formula is C14H18N4O3S. The molecular weight excluding hydrogens is 304 g/mol. The highest BCUT2D eigenvalue weighted by Gasteiger charge is 2.47. The molecule has 1 N–H and O–H groups in total. The van der Waals surface area contributed by atoms with E-state index in [1.807, 2.05) is 0 Å². The van der Waals surface area contributed by atoms with E-state index < -0.39 is 15.6 Å². The normalized spacial score (nSPS) is 19.8. The molecule has 1 aliphatic heterocycles. The van der Waals surface area contributed by atoms with Gasteiger partial charge in [-0.1, -0.05) is 0 Å². The van der Waals surface area contributed by atoms with Gasteiger partial charge in [0.1, 0.15) is 16.1 Å². The molecule has 1 saturated heterocycles. The average molecular weight is 322 g/mol. The van der Waals surface area contributed by atoms with Gasteiger partial charge in [-0.3, -0.25) is 4.79 Å². The summed E-state index contributed by atoms with van der Waals surface area (Å²) >= 11 is 0. The first-order chi connectivity index (χ1) is 10.3. The first kappa shape index (κ1) is 15.0. The Labute approximate surface area is 129 Å². The summed E-state index contributed by atoms with van der Waals surface area (Å²) in [6.45, 7) is 3.91. The van der Waals surface area contributed by atoms with Crippen molar-refractivity contribution in [2.75, 3.05) is 20.1 Å². The van der Waals surface area contributed by atoms with E-state index in [9.17, 15) is 13.2 Å². The molecule has 0 atom stereocenters. The van der Waals surface area contributed by atoms with Crippen LogP contribution in [-0.2, 0) is 14.8 Å².